The fourth-order valence-corrected chi connectivity index (χ4v) is 2.71. The Hall–Kier alpha value is -3.28. The number of ether oxygens (including phenoxy) is 4. The Morgan fingerprint density at radius 1 is 1.08 bits per heavy atom. The monoisotopic (exact) mass is 354 g/mol. The summed E-state index contributed by atoms with van der Waals surface area (Å²) in [6.07, 6.45) is 1.62. The number of fused-ring (bicyclic) bond motifs is 1. The van der Waals surface area contributed by atoms with Gasteiger partial charge in [-0.05, 0) is 37.3 Å². The second-order valence-electron chi connectivity index (χ2n) is 5.71. The fraction of sp³-hybridized carbons (Fsp3) is 0.200. The Kier molecular flexibility index (Phi) is 4.67. The van der Waals surface area contributed by atoms with E-state index in [1.165, 1.54) is 6.92 Å². The highest BCUT2D eigenvalue weighted by Gasteiger charge is 2.30. The lowest BCUT2D eigenvalue weighted by atomic mass is 10.1. The van der Waals surface area contributed by atoms with Crippen molar-refractivity contribution in [3.8, 4) is 23.0 Å². The molecule has 0 amide bonds. The highest BCUT2D eigenvalue weighted by molar-refractivity contribution is 6.15. The third-order valence-corrected chi connectivity index (χ3v) is 4.02. The van der Waals surface area contributed by atoms with Crippen molar-refractivity contribution >= 4 is 17.8 Å². The minimum atomic E-state index is -0.434. The summed E-state index contributed by atoms with van der Waals surface area (Å²) in [6.45, 7) is 3.06. The maximum atomic E-state index is 12.6. The third kappa shape index (κ3) is 3.13. The first kappa shape index (κ1) is 17.5. The summed E-state index contributed by atoms with van der Waals surface area (Å²) in [6, 6.07) is 8.46. The first-order chi connectivity index (χ1) is 12.4. The lowest BCUT2D eigenvalue weighted by molar-refractivity contribution is -0.131. The van der Waals surface area contributed by atoms with Crippen LogP contribution >= 0.6 is 0 Å². The molecule has 134 valence electrons. The minimum absolute atomic E-state index is 0.173. The SMILES string of the molecule is COc1ccc(/C=C2\Oc3c(ccc(OC(C)=O)c3C)C2=O)c(OC)c1. The lowest BCUT2D eigenvalue weighted by Crippen LogP contribution is -2.03. The van der Waals surface area contributed by atoms with Gasteiger partial charge < -0.3 is 18.9 Å². The number of carbonyl (C=O) groups is 2. The zero-order chi connectivity index (χ0) is 18.8. The number of carbonyl (C=O) groups excluding carboxylic acids is 2. The van der Waals surface area contributed by atoms with Crippen LogP contribution in [0.25, 0.3) is 6.08 Å². The van der Waals surface area contributed by atoms with E-state index in [0.717, 1.165) is 0 Å². The van der Waals surface area contributed by atoms with Crippen LogP contribution in [0.1, 0.15) is 28.4 Å². The first-order valence-electron chi connectivity index (χ1n) is 7.93. The number of hydrogen-bond acceptors (Lipinski definition) is 6. The van der Waals surface area contributed by atoms with Crippen LogP contribution in [0.4, 0.5) is 0 Å². The van der Waals surface area contributed by atoms with Crippen molar-refractivity contribution in [2.45, 2.75) is 13.8 Å². The molecule has 1 aliphatic heterocycles. The van der Waals surface area contributed by atoms with E-state index >= 15 is 0 Å². The number of esters is 1. The molecule has 26 heavy (non-hydrogen) atoms. The summed E-state index contributed by atoms with van der Waals surface area (Å²) in [5, 5.41) is 0. The average Bonchev–Trinajstić information content (AvgIpc) is 2.94. The summed E-state index contributed by atoms with van der Waals surface area (Å²) < 4.78 is 21.4. The van der Waals surface area contributed by atoms with E-state index in [-0.39, 0.29) is 11.5 Å². The van der Waals surface area contributed by atoms with Gasteiger partial charge in [-0.3, -0.25) is 9.59 Å². The molecule has 1 aliphatic rings. The molecule has 0 saturated heterocycles. The quantitative estimate of drug-likeness (QED) is 0.475. The average molecular weight is 354 g/mol. The molecule has 0 N–H and O–H groups in total. The molecule has 0 aromatic heterocycles. The van der Waals surface area contributed by atoms with E-state index in [1.54, 1.807) is 57.6 Å². The van der Waals surface area contributed by atoms with Crippen LogP contribution in [0.3, 0.4) is 0 Å². The van der Waals surface area contributed by atoms with Crippen molar-refractivity contribution in [3.63, 3.8) is 0 Å². The van der Waals surface area contributed by atoms with Gasteiger partial charge in [0.1, 0.15) is 23.0 Å². The van der Waals surface area contributed by atoms with Crippen LogP contribution in [0.2, 0.25) is 0 Å². The van der Waals surface area contributed by atoms with Gasteiger partial charge in [0, 0.05) is 24.1 Å². The molecule has 2 aromatic carbocycles. The van der Waals surface area contributed by atoms with Crippen LogP contribution in [-0.4, -0.2) is 26.0 Å². The van der Waals surface area contributed by atoms with Gasteiger partial charge in [-0.15, -0.1) is 0 Å². The molecule has 0 aliphatic carbocycles. The van der Waals surface area contributed by atoms with Crippen LogP contribution in [0, 0.1) is 6.92 Å². The van der Waals surface area contributed by atoms with Crippen molar-refractivity contribution in [2.24, 2.45) is 0 Å². The number of benzene rings is 2. The molecule has 0 bridgehead atoms. The molecular weight excluding hydrogens is 336 g/mol. The second-order valence-corrected chi connectivity index (χ2v) is 5.71. The van der Waals surface area contributed by atoms with Gasteiger partial charge in [0.15, 0.2) is 5.76 Å². The Labute approximate surface area is 150 Å². The number of Topliss-reactive ketones (excluding diaryl/α,β-unsaturated/α-hetero) is 1. The Balaban J connectivity index is 1.99. The Morgan fingerprint density at radius 3 is 2.50 bits per heavy atom. The molecule has 0 spiro atoms. The number of allylic oxidation sites excluding steroid dienone is 1. The van der Waals surface area contributed by atoms with Gasteiger partial charge in [-0.25, -0.2) is 0 Å². The van der Waals surface area contributed by atoms with E-state index in [2.05, 4.69) is 0 Å². The van der Waals surface area contributed by atoms with Gasteiger partial charge in [-0.2, -0.15) is 0 Å². The van der Waals surface area contributed by atoms with Gasteiger partial charge in [0.2, 0.25) is 5.78 Å². The highest BCUT2D eigenvalue weighted by Crippen LogP contribution is 2.40. The Bertz CT molecular complexity index is 926. The van der Waals surface area contributed by atoms with Crippen LogP contribution in [-0.2, 0) is 4.79 Å². The standard InChI is InChI=1S/C20H18O6/c1-11-16(25-12(2)21)8-7-15-19(22)18(26-20(11)15)9-13-5-6-14(23-3)10-17(13)24-4/h5-10H,1-4H3/b18-9-. The molecule has 6 nitrogen and oxygen atoms in total. The van der Waals surface area contributed by atoms with Crippen LogP contribution < -0.4 is 18.9 Å². The molecule has 3 rings (SSSR count). The molecule has 0 saturated carbocycles. The van der Waals surface area contributed by atoms with Crippen LogP contribution in [0.5, 0.6) is 23.0 Å². The summed E-state index contributed by atoms with van der Waals surface area (Å²) in [5.41, 5.74) is 1.70. The normalized spacial score (nSPS) is 14.0. The van der Waals surface area contributed by atoms with Gasteiger partial charge in [0.25, 0.3) is 0 Å². The maximum absolute atomic E-state index is 12.6. The molecule has 6 heteroatoms. The molecular formula is C20H18O6. The van der Waals surface area contributed by atoms with Crippen molar-refractivity contribution in [2.75, 3.05) is 14.2 Å². The molecule has 1 heterocycles. The number of hydrogen-bond donors (Lipinski definition) is 0. The van der Waals surface area contributed by atoms with Crippen molar-refractivity contribution in [1.29, 1.82) is 0 Å². The van der Waals surface area contributed by atoms with Crippen LogP contribution in [0.15, 0.2) is 36.1 Å². The summed E-state index contributed by atoms with van der Waals surface area (Å²) in [4.78, 5) is 23.8. The first-order valence-corrected chi connectivity index (χ1v) is 7.93. The number of methoxy groups -OCH3 is 2. The molecule has 0 fully saturated rings. The molecule has 0 atom stereocenters. The van der Waals surface area contributed by atoms with Gasteiger partial charge >= 0.3 is 5.97 Å². The van der Waals surface area contributed by atoms with Crippen molar-refractivity contribution in [3.05, 3.63) is 52.8 Å². The van der Waals surface area contributed by atoms with E-state index in [9.17, 15) is 9.59 Å². The van der Waals surface area contributed by atoms with E-state index in [1.807, 2.05) is 0 Å². The summed E-state index contributed by atoms with van der Waals surface area (Å²) in [5.74, 6) is 1.46. The van der Waals surface area contributed by atoms with Crippen molar-refractivity contribution < 1.29 is 28.5 Å². The third-order valence-electron chi connectivity index (χ3n) is 4.02. The zero-order valence-electron chi connectivity index (χ0n) is 14.9. The smallest absolute Gasteiger partial charge is 0.308 e. The predicted molar refractivity (Wildman–Crippen MR) is 95.0 cm³/mol. The largest absolute Gasteiger partial charge is 0.497 e. The summed E-state index contributed by atoms with van der Waals surface area (Å²) >= 11 is 0. The number of ketones is 1. The van der Waals surface area contributed by atoms with E-state index < -0.39 is 5.97 Å². The molecule has 0 unspecified atom stereocenters. The second kappa shape index (κ2) is 6.92. The van der Waals surface area contributed by atoms with Gasteiger partial charge in [-0.1, -0.05) is 0 Å². The number of rotatable bonds is 4. The van der Waals surface area contributed by atoms with E-state index in [0.29, 0.717) is 39.7 Å². The topological polar surface area (TPSA) is 71.1 Å². The summed E-state index contributed by atoms with van der Waals surface area (Å²) in [7, 11) is 3.11. The van der Waals surface area contributed by atoms with Gasteiger partial charge in [0.05, 0.1) is 19.8 Å². The molecule has 0 radical (unpaired) electrons. The van der Waals surface area contributed by atoms with Crippen molar-refractivity contribution in [1.82, 2.24) is 0 Å². The molecule has 2 aromatic rings. The van der Waals surface area contributed by atoms with E-state index in [4.69, 9.17) is 18.9 Å². The minimum Gasteiger partial charge on any atom is -0.497 e. The maximum Gasteiger partial charge on any atom is 0.308 e. The Morgan fingerprint density at radius 2 is 1.85 bits per heavy atom. The zero-order valence-corrected chi connectivity index (χ0v) is 14.9. The highest BCUT2D eigenvalue weighted by atomic mass is 16.5. The fourth-order valence-electron chi connectivity index (χ4n) is 2.71. The predicted octanol–water partition coefficient (Wildman–Crippen LogP) is 3.55. The lowest BCUT2D eigenvalue weighted by Gasteiger charge is -2.09.